The fourth-order valence-corrected chi connectivity index (χ4v) is 2.39. The molecule has 0 fully saturated rings. The molecule has 1 atom stereocenters. The molecular formula is C13H21NO2S. The smallest absolute Gasteiger partial charge is 0.123 e. The SMILES string of the molecule is COc1ccccc1CNC(CCO)CSC. The molecule has 1 unspecified atom stereocenters. The van der Waals surface area contributed by atoms with E-state index in [0.29, 0.717) is 6.04 Å². The summed E-state index contributed by atoms with van der Waals surface area (Å²) >= 11 is 1.79. The minimum absolute atomic E-state index is 0.226. The van der Waals surface area contributed by atoms with Gasteiger partial charge in [0.05, 0.1) is 7.11 Å². The first-order valence-electron chi connectivity index (χ1n) is 5.77. The Morgan fingerprint density at radius 1 is 1.41 bits per heavy atom. The van der Waals surface area contributed by atoms with E-state index in [1.807, 2.05) is 18.2 Å². The zero-order valence-electron chi connectivity index (χ0n) is 10.5. The van der Waals surface area contributed by atoms with Gasteiger partial charge in [-0.1, -0.05) is 18.2 Å². The molecule has 96 valence electrons. The van der Waals surface area contributed by atoms with Gasteiger partial charge in [-0.05, 0) is 18.7 Å². The van der Waals surface area contributed by atoms with Gasteiger partial charge < -0.3 is 15.2 Å². The van der Waals surface area contributed by atoms with Crippen LogP contribution in [0.15, 0.2) is 24.3 Å². The van der Waals surface area contributed by atoms with Crippen LogP contribution in [-0.4, -0.2) is 36.9 Å². The molecule has 1 aromatic carbocycles. The van der Waals surface area contributed by atoms with Gasteiger partial charge >= 0.3 is 0 Å². The summed E-state index contributed by atoms with van der Waals surface area (Å²) in [6.07, 6.45) is 2.87. The molecule has 0 radical (unpaired) electrons. The van der Waals surface area contributed by atoms with Crippen LogP contribution in [-0.2, 0) is 6.54 Å². The molecule has 1 rings (SSSR count). The van der Waals surface area contributed by atoms with Crippen molar-refractivity contribution in [1.82, 2.24) is 5.32 Å². The van der Waals surface area contributed by atoms with Crippen LogP contribution >= 0.6 is 11.8 Å². The Kier molecular flexibility index (Phi) is 7.08. The number of ether oxygens (including phenoxy) is 1. The van der Waals surface area contributed by atoms with E-state index >= 15 is 0 Å². The second-order valence-electron chi connectivity index (χ2n) is 3.86. The number of aliphatic hydroxyl groups is 1. The van der Waals surface area contributed by atoms with Crippen LogP contribution in [0, 0.1) is 0 Å². The molecule has 2 N–H and O–H groups in total. The van der Waals surface area contributed by atoms with E-state index in [-0.39, 0.29) is 6.61 Å². The molecule has 0 saturated heterocycles. The predicted octanol–water partition coefficient (Wildman–Crippen LogP) is 1.90. The van der Waals surface area contributed by atoms with Gasteiger partial charge in [-0.15, -0.1) is 0 Å². The molecule has 0 saturated carbocycles. The third kappa shape index (κ3) is 4.98. The highest BCUT2D eigenvalue weighted by Gasteiger charge is 2.08. The Morgan fingerprint density at radius 3 is 2.82 bits per heavy atom. The first-order chi connectivity index (χ1) is 8.31. The quantitative estimate of drug-likeness (QED) is 0.744. The molecule has 0 heterocycles. The van der Waals surface area contributed by atoms with Crippen molar-refractivity contribution >= 4 is 11.8 Å². The van der Waals surface area contributed by atoms with E-state index in [0.717, 1.165) is 30.0 Å². The highest BCUT2D eigenvalue weighted by atomic mass is 32.2. The number of thioether (sulfide) groups is 1. The van der Waals surface area contributed by atoms with Crippen molar-refractivity contribution in [1.29, 1.82) is 0 Å². The third-order valence-corrected chi connectivity index (χ3v) is 3.35. The lowest BCUT2D eigenvalue weighted by atomic mass is 10.1. The molecular weight excluding hydrogens is 234 g/mol. The minimum Gasteiger partial charge on any atom is -0.496 e. The molecule has 0 aliphatic heterocycles. The number of rotatable bonds is 8. The highest BCUT2D eigenvalue weighted by molar-refractivity contribution is 7.98. The van der Waals surface area contributed by atoms with Crippen molar-refractivity contribution in [3.63, 3.8) is 0 Å². The molecule has 4 heteroatoms. The summed E-state index contributed by atoms with van der Waals surface area (Å²) in [5.74, 6) is 1.92. The lowest BCUT2D eigenvalue weighted by Gasteiger charge is -2.17. The van der Waals surface area contributed by atoms with Crippen molar-refractivity contribution in [3.8, 4) is 5.75 Å². The van der Waals surface area contributed by atoms with Gasteiger partial charge in [-0.25, -0.2) is 0 Å². The molecule has 0 amide bonds. The second-order valence-corrected chi connectivity index (χ2v) is 4.77. The van der Waals surface area contributed by atoms with Gasteiger partial charge in [0.15, 0.2) is 0 Å². The van der Waals surface area contributed by atoms with E-state index in [1.165, 1.54) is 0 Å². The van der Waals surface area contributed by atoms with E-state index < -0.39 is 0 Å². The Labute approximate surface area is 108 Å². The summed E-state index contributed by atoms with van der Waals surface area (Å²) < 4.78 is 5.30. The number of hydrogen-bond donors (Lipinski definition) is 2. The fraction of sp³-hybridized carbons (Fsp3) is 0.538. The average Bonchev–Trinajstić information content (AvgIpc) is 2.37. The maximum Gasteiger partial charge on any atom is 0.123 e. The van der Waals surface area contributed by atoms with Gasteiger partial charge in [-0.2, -0.15) is 11.8 Å². The topological polar surface area (TPSA) is 41.5 Å². The maximum absolute atomic E-state index is 8.99. The largest absolute Gasteiger partial charge is 0.496 e. The van der Waals surface area contributed by atoms with Gasteiger partial charge in [0, 0.05) is 30.5 Å². The summed E-state index contributed by atoms with van der Waals surface area (Å²) in [6.45, 7) is 0.999. The molecule has 0 aliphatic rings. The zero-order chi connectivity index (χ0) is 12.5. The molecule has 0 aromatic heterocycles. The third-order valence-electron chi connectivity index (χ3n) is 2.62. The van der Waals surface area contributed by atoms with Crippen molar-refractivity contribution < 1.29 is 9.84 Å². The van der Waals surface area contributed by atoms with Crippen LogP contribution in [0.1, 0.15) is 12.0 Å². The van der Waals surface area contributed by atoms with E-state index in [2.05, 4.69) is 17.6 Å². The van der Waals surface area contributed by atoms with Crippen LogP contribution in [0.5, 0.6) is 5.75 Å². The molecule has 0 aliphatic carbocycles. The van der Waals surface area contributed by atoms with Gasteiger partial charge in [0.2, 0.25) is 0 Å². The minimum atomic E-state index is 0.226. The first-order valence-corrected chi connectivity index (χ1v) is 7.16. The summed E-state index contributed by atoms with van der Waals surface area (Å²) in [7, 11) is 1.69. The Balaban J connectivity index is 2.52. The number of para-hydroxylation sites is 1. The number of nitrogens with one attached hydrogen (secondary N) is 1. The molecule has 1 aromatic rings. The summed E-state index contributed by atoms with van der Waals surface area (Å²) in [6, 6.07) is 8.35. The van der Waals surface area contributed by atoms with Crippen molar-refractivity contribution in [2.45, 2.75) is 19.0 Å². The molecule has 0 spiro atoms. The van der Waals surface area contributed by atoms with Gasteiger partial charge in [-0.3, -0.25) is 0 Å². The lowest BCUT2D eigenvalue weighted by Crippen LogP contribution is -2.31. The van der Waals surface area contributed by atoms with Crippen molar-refractivity contribution in [2.24, 2.45) is 0 Å². The summed E-state index contributed by atoms with van der Waals surface area (Å²) in [4.78, 5) is 0. The van der Waals surface area contributed by atoms with Gasteiger partial charge in [0.1, 0.15) is 5.75 Å². The van der Waals surface area contributed by atoms with Crippen LogP contribution in [0.3, 0.4) is 0 Å². The Bertz CT molecular complexity index is 314. The van der Waals surface area contributed by atoms with E-state index in [4.69, 9.17) is 9.84 Å². The summed E-state index contributed by atoms with van der Waals surface area (Å²) in [5, 5.41) is 12.4. The zero-order valence-corrected chi connectivity index (χ0v) is 11.3. The van der Waals surface area contributed by atoms with Crippen LogP contribution in [0.2, 0.25) is 0 Å². The van der Waals surface area contributed by atoms with E-state index in [9.17, 15) is 0 Å². The average molecular weight is 255 g/mol. The lowest BCUT2D eigenvalue weighted by molar-refractivity contribution is 0.269. The monoisotopic (exact) mass is 255 g/mol. The number of methoxy groups -OCH3 is 1. The fourth-order valence-electron chi connectivity index (χ4n) is 1.70. The van der Waals surface area contributed by atoms with Crippen molar-refractivity contribution in [2.75, 3.05) is 25.7 Å². The summed E-state index contributed by atoms with van der Waals surface area (Å²) in [5.41, 5.74) is 1.15. The second kappa shape index (κ2) is 8.39. The highest BCUT2D eigenvalue weighted by Crippen LogP contribution is 2.17. The standard InChI is InChI=1S/C13H21NO2S/c1-16-13-6-4-3-5-11(13)9-14-12(7-8-15)10-17-2/h3-6,12,14-15H,7-10H2,1-2H3. The number of benzene rings is 1. The normalized spacial score (nSPS) is 12.4. The maximum atomic E-state index is 8.99. The van der Waals surface area contributed by atoms with E-state index in [1.54, 1.807) is 18.9 Å². The van der Waals surface area contributed by atoms with Crippen LogP contribution < -0.4 is 10.1 Å². The Hall–Kier alpha value is -0.710. The molecule has 17 heavy (non-hydrogen) atoms. The predicted molar refractivity (Wildman–Crippen MR) is 73.7 cm³/mol. The van der Waals surface area contributed by atoms with Gasteiger partial charge in [0.25, 0.3) is 0 Å². The number of aliphatic hydroxyl groups excluding tert-OH is 1. The molecule has 3 nitrogen and oxygen atoms in total. The molecule has 0 bridgehead atoms. The number of hydrogen-bond acceptors (Lipinski definition) is 4. The van der Waals surface area contributed by atoms with Crippen molar-refractivity contribution in [3.05, 3.63) is 29.8 Å². The Morgan fingerprint density at radius 2 is 2.18 bits per heavy atom. The van der Waals surface area contributed by atoms with Crippen LogP contribution in [0.25, 0.3) is 0 Å². The van der Waals surface area contributed by atoms with Crippen LogP contribution in [0.4, 0.5) is 0 Å². The first kappa shape index (κ1) is 14.4.